The smallest absolute Gasteiger partial charge is 1.00 e. The molecule has 0 aliphatic heterocycles. The molecule has 10 nitrogen and oxygen atoms in total. The fourth-order valence-corrected chi connectivity index (χ4v) is 1.91. The predicted molar refractivity (Wildman–Crippen MR) is 71.9 cm³/mol. The first-order chi connectivity index (χ1) is 8.92. The van der Waals surface area contributed by atoms with E-state index in [-0.39, 0.29) is 56.9 Å². The normalized spacial score (nSPS) is 10.8. The molecule has 0 rings (SSSR count). The van der Waals surface area contributed by atoms with Gasteiger partial charge in [0.1, 0.15) is 0 Å². The van der Waals surface area contributed by atoms with E-state index in [2.05, 4.69) is 0 Å². The van der Waals surface area contributed by atoms with Crippen LogP contribution in [0, 0.1) is 0 Å². The summed E-state index contributed by atoms with van der Waals surface area (Å²) in [4.78, 5) is 43.2. The van der Waals surface area contributed by atoms with Crippen LogP contribution in [0.2, 0.25) is 0 Å². The maximum absolute atomic E-state index is 10.8. The summed E-state index contributed by atoms with van der Waals surface area (Å²) in [6, 6.07) is 0. The van der Waals surface area contributed by atoms with Crippen molar-refractivity contribution in [2.75, 3.05) is 0 Å². The van der Waals surface area contributed by atoms with E-state index < -0.39 is 60.6 Å². The molecule has 0 aliphatic carbocycles. The van der Waals surface area contributed by atoms with E-state index in [1.54, 1.807) is 0 Å². The summed E-state index contributed by atoms with van der Waals surface area (Å²) < 4.78 is 0. The van der Waals surface area contributed by atoms with Crippen molar-refractivity contribution >= 4 is 46.9 Å². The van der Waals surface area contributed by atoms with E-state index >= 15 is 0 Å². The zero-order chi connectivity index (χ0) is 16.1. The molecule has 0 spiro atoms. The second-order valence-corrected chi connectivity index (χ2v) is 4.59. The summed E-state index contributed by atoms with van der Waals surface area (Å²) in [5.41, 5.74) is 6.88. The fraction of sp³-hybridized carbons (Fsp3) is 0.600. The first kappa shape index (κ1) is 26.5. The molecule has 120 valence electrons. The standard InChI is InChI=1S/C10H16N2O8.Mg.Na.3H/c11-9(1-5(13)14,2-6(15)16)10(12,3-7(17)18)4-8(19)20;;;;;/h1-4,11-12H2,(H,13,14)(H,15,16)(H,17,18)(H,19,20);;;;;/q;+2;+1;3*-1. The molecule has 0 radical (unpaired) electrons. The summed E-state index contributed by atoms with van der Waals surface area (Å²) in [6.07, 6.45) is -3.90. The van der Waals surface area contributed by atoms with E-state index in [1.165, 1.54) is 0 Å². The Morgan fingerprint density at radius 3 is 0.909 bits per heavy atom. The van der Waals surface area contributed by atoms with Crippen LogP contribution in [0.1, 0.15) is 30.0 Å². The van der Waals surface area contributed by atoms with Crippen LogP contribution in [0.15, 0.2) is 0 Å². The van der Waals surface area contributed by atoms with Gasteiger partial charge < -0.3 is 36.2 Å². The molecular formula is C10H19MgN2NaO8. The largest absolute Gasteiger partial charge is 2.00 e. The zero-order valence-corrected chi connectivity index (χ0v) is 15.5. The first-order valence-corrected chi connectivity index (χ1v) is 5.37. The van der Waals surface area contributed by atoms with Crippen molar-refractivity contribution < 1.29 is 73.4 Å². The number of rotatable bonds is 9. The maximum Gasteiger partial charge on any atom is 2.00 e. The molecule has 0 saturated heterocycles. The van der Waals surface area contributed by atoms with Crippen molar-refractivity contribution in [1.29, 1.82) is 0 Å². The number of hydrogen-bond donors (Lipinski definition) is 6. The van der Waals surface area contributed by atoms with Gasteiger partial charge in [-0.05, 0) is 0 Å². The van der Waals surface area contributed by atoms with E-state index in [1.807, 2.05) is 0 Å². The van der Waals surface area contributed by atoms with Crippen LogP contribution >= 0.6 is 0 Å². The van der Waals surface area contributed by atoms with Crippen LogP contribution in [0.25, 0.3) is 0 Å². The maximum atomic E-state index is 10.8. The average Bonchev–Trinajstić information content (AvgIpc) is 2.10. The minimum absolute atomic E-state index is 0. The van der Waals surface area contributed by atoms with Gasteiger partial charge in [0, 0.05) is 0 Å². The van der Waals surface area contributed by atoms with Crippen LogP contribution < -0.4 is 41.0 Å². The van der Waals surface area contributed by atoms with Crippen LogP contribution in [0.3, 0.4) is 0 Å². The van der Waals surface area contributed by atoms with Crippen LogP contribution in [-0.2, 0) is 19.2 Å². The monoisotopic (exact) mass is 342 g/mol. The van der Waals surface area contributed by atoms with Crippen LogP contribution in [0.4, 0.5) is 0 Å². The number of carboxylic acid groups (broad SMARTS) is 4. The fourth-order valence-electron chi connectivity index (χ4n) is 1.91. The third-order valence-corrected chi connectivity index (χ3v) is 2.86. The Morgan fingerprint density at radius 2 is 0.818 bits per heavy atom. The zero-order valence-electron chi connectivity index (χ0n) is 15.1. The third kappa shape index (κ3) is 8.27. The van der Waals surface area contributed by atoms with Gasteiger partial charge in [-0.15, -0.1) is 0 Å². The van der Waals surface area contributed by atoms with Gasteiger partial charge in [-0.25, -0.2) is 0 Å². The average molecular weight is 343 g/mol. The van der Waals surface area contributed by atoms with Crippen molar-refractivity contribution in [3.63, 3.8) is 0 Å². The number of carboxylic acids is 4. The molecule has 0 fully saturated rings. The molecule has 22 heavy (non-hydrogen) atoms. The Bertz CT molecular complexity index is 386. The molecule has 0 unspecified atom stereocenters. The molecule has 0 amide bonds. The van der Waals surface area contributed by atoms with E-state index in [9.17, 15) is 19.2 Å². The second kappa shape index (κ2) is 10.4. The Labute approximate surface area is 168 Å². The molecule has 0 heterocycles. The van der Waals surface area contributed by atoms with Crippen molar-refractivity contribution in [3.05, 3.63) is 0 Å². The number of nitrogens with two attached hydrogens (primary N) is 2. The second-order valence-electron chi connectivity index (χ2n) is 4.59. The minimum Gasteiger partial charge on any atom is -1.00 e. The van der Waals surface area contributed by atoms with Gasteiger partial charge in [0.2, 0.25) is 0 Å². The molecule has 0 saturated carbocycles. The minimum atomic E-state index is -2.22. The Kier molecular flexibility index (Phi) is 12.5. The van der Waals surface area contributed by atoms with Gasteiger partial charge >= 0.3 is 76.5 Å². The summed E-state index contributed by atoms with van der Waals surface area (Å²) in [5.74, 6) is -6.06. The third-order valence-electron chi connectivity index (χ3n) is 2.86. The van der Waals surface area contributed by atoms with Gasteiger partial charge in [-0.1, -0.05) is 0 Å². The van der Waals surface area contributed by atoms with Gasteiger partial charge in [0.15, 0.2) is 0 Å². The summed E-state index contributed by atoms with van der Waals surface area (Å²) in [6.45, 7) is 0. The Morgan fingerprint density at radius 1 is 0.682 bits per heavy atom. The molecule has 0 aromatic rings. The van der Waals surface area contributed by atoms with Gasteiger partial charge in [-0.3, -0.25) is 19.2 Å². The summed E-state index contributed by atoms with van der Waals surface area (Å²) in [7, 11) is 0. The quantitative estimate of drug-likeness (QED) is 0.221. The molecule has 0 aliphatic rings. The molecule has 8 N–H and O–H groups in total. The Balaban J connectivity index is -0.000000180. The van der Waals surface area contributed by atoms with Gasteiger partial charge in [0.05, 0.1) is 36.8 Å². The van der Waals surface area contributed by atoms with Crippen molar-refractivity contribution in [3.8, 4) is 0 Å². The molecule has 0 bridgehead atoms. The van der Waals surface area contributed by atoms with Crippen molar-refractivity contribution in [2.45, 2.75) is 36.8 Å². The van der Waals surface area contributed by atoms with E-state index in [0.717, 1.165) is 0 Å². The van der Waals surface area contributed by atoms with Crippen LogP contribution in [-0.4, -0.2) is 78.4 Å². The van der Waals surface area contributed by atoms with E-state index in [0.29, 0.717) is 0 Å². The molecular weight excluding hydrogens is 323 g/mol. The SMILES string of the molecule is NC(CC(=O)O)(CC(=O)O)C(N)(CC(=O)O)CC(=O)O.[H-].[H-].[H-].[Mg+2].[Na+]. The van der Waals surface area contributed by atoms with Crippen molar-refractivity contribution in [2.24, 2.45) is 11.5 Å². The summed E-state index contributed by atoms with van der Waals surface area (Å²) >= 11 is 0. The molecule has 0 aromatic heterocycles. The van der Waals surface area contributed by atoms with Gasteiger partial charge in [0.25, 0.3) is 0 Å². The number of carbonyl (C=O) groups is 4. The predicted octanol–water partition coefficient (Wildman–Crippen LogP) is -4.76. The Hall–Kier alpha value is -0.434. The number of hydrogen-bond acceptors (Lipinski definition) is 6. The summed E-state index contributed by atoms with van der Waals surface area (Å²) in [5, 5.41) is 35.1. The number of aliphatic carboxylic acids is 4. The molecule has 12 heteroatoms. The van der Waals surface area contributed by atoms with E-state index in [4.69, 9.17) is 31.9 Å². The topological polar surface area (TPSA) is 201 Å². The molecule has 0 atom stereocenters. The van der Waals surface area contributed by atoms with Crippen LogP contribution in [0.5, 0.6) is 0 Å². The molecule has 0 aromatic carbocycles. The van der Waals surface area contributed by atoms with Crippen molar-refractivity contribution in [1.82, 2.24) is 0 Å². The first-order valence-electron chi connectivity index (χ1n) is 5.37. The van der Waals surface area contributed by atoms with Gasteiger partial charge in [-0.2, -0.15) is 0 Å².